The zero-order valence-corrected chi connectivity index (χ0v) is 16.5. The van der Waals surface area contributed by atoms with Gasteiger partial charge in [0.15, 0.2) is 0 Å². The van der Waals surface area contributed by atoms with Crippen molar-refractivity contribution in [2.24, 2.45) is 0 Å². The Hall–Kier alpha value is -0.710. The van der Waals surface area contributed by atoms with Crippen LogP contribution in [0.15, 0.2) is 12.2 Å². The lowest BCUT2D eigenvalue weighted by Crippen LogP contribution is -2.17. The highest BCUT2D eigenvalue weighted by molar-refractivity contribution is 5.48. The first-order valence-electron chi connectivity index (χ1n) is 10.5. The Morgan fingerprint density at radius 2 is 1.44 bits per heavy atom. The first kappa shape index (κ1) is 24.3. The fraction of sp³-hybridized carbons (Fsp3) is 0.857. The van der Waals surface area contributed by atoms with Gasteiger partial charge >= 0.3 is 0 Å². The third-order valence-electron chi connectivity index (χ3n) is 4.15. The summed E-state index contributed by atoms with van der Waals surface area (Å²) < 4.78 is 0. The Bertz CT molecular complexity index is 282. The van der Waals surface area contributed by atoms with Crippen molar-refractivity contribution in [3.05, 3.63) is 12.2 Å². The van der Waals surface area contributed by atoms with Crippen molar-refractivity contribution in [2.75, 3.05) is 26.3 Å². The van der Waals surface area contributed by atoms with Crippen LogP contribution in [0.3, 0.4) is 0 Å². The van der Waals surface area contributed by atoms with Gasteiger partial charge in [0.05, 0.1) is 6.61 Å². The zero-order valence-electron chi connectivity index (χ0n) is 16.5. The third-order valence-corrected chi connectivity index (χ3v) is 4.15. The molecule has 0 aliphatic carbocycles. The molecule has 0 aromatic heterocycles. The molecular weight excluding hydrogens is 314 g/mol. The van der Waals surface area contributed by atoms with Crippen molar-refractivity contribution in [2.45, 2.75) is 90.4 Å². The van der Waals surface area contributed by atoms with Gasteiger partial charge in [-0.1, -0.05) is 64.0 Å². The topological polar surface area (TPSA) is 47.6 Å². The summed E-state index contributed by atoms with van der Waals surface area (Å²) in [6.45, 7) is 5.34. The summed E-state index contributed by atoms with van der Waals surface area (Å²) in [5.74, 6) is 0. The second kappa shape index (κ2) is 23.3. The molecule has 0 aromatic rings. The largest absolute Gasteiger partial charge is 0.317 e. The summed E-state index contributed by atoms with van der Waals surface area (Å²) in [5.41, 5.74) is 0. The number of nitrogens with one attached hydrogen (secondary N) is 1. The van der Waals surface area contributed by atoms with Crippen molar-refractivity contribution in [1.29, 1.82) is 0 Å². The number of aldehydes is 1. The minimum Gasteiger partial charge on any atom is -0.317 e. The normalized spacial score (nSPS) is 11.4. The number of carbonyl (C=O) groups is 1. The molecule has 0 rings (SSSR count). The second-order valence-corrected chi connectivity index (χ2v) is 6.61. The van der Waals surface area contributed by atoms with E-state index < -0.39 is 0 Å². The van der Waals surface area contributed by atoms with E-state index >= 15 is 0 Å². The number of rotatable bonds is 21. The summed E-state index contributed by atoms with van der Waals surface area (Å²) in [6, 6.07) is 0. The van der Waals surface area contributed by atoms with E-state index in [1.807, 2.05) is 0 Å². The maximum Gasteiger partial charge on any atom is 0.120 e. The molecule has 0 saturated heterocycles. The standard InChI is InChI=1S/C21H41NO3/c1-2-3-4-5-6-7-8-9-10-11-15-20-24-25-21-16-13-18-22-17-12-14-19-23/h11,15,19,22H,2-10,12-14,16-18,20-21H2,1H3/b15-11+. The van der Waals surface area contributed by atoms with E-state index in [4.69, 9.17) is 9.78 Å². The Morgan fingerprint density at radius 1 is 0.720 bits per heavy atom. The molecule has 0 saturated carbocycles. The molecule has 4 heteroatoms. The summed E-state index contributed by atoms with van der Waals surface area (Å²) in [5, 5.41) is 3.31. The van der Waals surface area contributed by atoms with Crippen molar-refractivity contribution >= 4 is 6.29 Å². The van der Waals surface area contributed by atoms with Crippen LogP contribution in [-0.4, -0.2) is 32.6 Å². The van der Waals surface area contributed by atoms with Crippen LogP contribution in [-0.2, 0) is 14.6 Å². The number of hydrogen-bond donors (Lipinski definition) is 1. The molecule has 0 fully saturated rings. The molecule has 1 N–H and O–H groups in total. The predicted molar refractivity (Wildman–Crippen MR) is 106 cm³/mol. The maximum atomic E-state index is 10.1. The fourth-order valence-corrected chi connectivity index (χ4v) is 2.57. The molecule has 0 heterocycles. The highest BCUT2D eigenvalue weighted by Crippen LogP contribution is 2.09. The van der Waals surface area contributed by atoms with Crippen LogP contribution >= 0.6 is 0 Å². The highest BCUT2D eigenvalue weighted by Gasteiger charge is 1.92. The van der Waals surface area contributed by atoms with E-state index in [2.05, 4.69) is 24.4 Å². The lowest BCUT2D eigenvalue weighted by molar-refractivity contribution is -0.286. The molecule has 148 valence electrons. The van der Waals surface area contributed by atoms with E-state index in [-0.39, 0.29) is 0 Å². The van der Waals surface area contributed by atoms with Crippen LogP contribution in [0.5, 0.6) is 0 Å². The van der Waals surface area contributed by atoms with E-state index in [1.165, 1.54) is 51.4 Å². The smallest absolute Gasteiger partial charge is 0.120 e. The Labute approximate surface area is 155 Å². The SMILES string of the molecule is CCCCCCCCCC/C=C/COOCCCCNCCCC=O. The Morgan fingerprint density at radius 3 is 2.20 bits per heavy atom. The van der Waals surface area contributed by atoms with E-state index in [9.17, 15) is 4.79 Å². The molecule has 0 aliphatic rings. The van der Waals surface area contributed by atoms with Gasteiger partial charge in [0, 0.05) is 6.42 Å². The van der Waals surface area contributed by atoms with Crippen LogP contribution < -0.4 is 5.32 Å². The molecule has 0 bridgehead atoms. The van der Waals surface area contributed by atoms with Crippen molar-refractivity contribution in [3.8, 4) is 0 Å². The fourth-order valence-electron chi connectivity index (χ4n) is 2.57. The molecule has 0 amide bonds. The second-order valence-electron chi connectivity index (χ2n) is 6.61. The van der Waals surface area contributed by atoms with Gasteiger partial charge in [-0.05, 0) is 45.2 Å². The van der Waals surface area contributed by atoms with E-state index in [0.29, 0.717) is 19.6 Å². The van der Waals surface area contributed by atoms with Gasteiger partial charge in [-0.15, -0.1) is 0 Å². The van der Waals surface area contributed by atoms with Gasteiger partial charge in [-0.2, -0.15) is 0 Å². The number of hydrogen-bond acceptors (Lipinski definition) is 4. The van der Waals surface area contributed by atoms with Crippen molar-refractivity contribution in [3.63, 3.8) is 0 Å². The molecule has 0 aromatic carbocycles. The lowest BCUT2D eigenvalue weighted by atomic mass is 10.1. The molecule has 0 aliphatic heterocycles. The Balaban J connectivity index is 3.05. The molecule has 0 spiro atoms. The van der Waals surface area contributed by atoms with Crippen LogP contribution in [0, 0.1) is 0 Å². The van der Waals surface area contributed by atoms with Gasteiger partial charge < -0.3 is 10.1 Å². The van der Waals surface area contributed by atoms with E-state index in [0.717, 1.165) is 45.1 Å². The van der Waals surface area contributed by atoms with Crippen molar-refractivity contribution < 1.29 is 14.6 Å². The monoisotopic (exact) mass is 355 g/mol. The average Bonchev–Trinajstić information content (AvgIpc) is 2.63. The summed E-state index contributed by atoms with van der Waals surface area (Å²) in [6.07, 6.45) is 20.9. The predicted octanol–water partition coefficient (Wildman–Crippen LogP) is 5.37. The maximum absolute atomic E-state index is 10.1. The first-order valence-corrected chi connectivity index (χ1v) is 10.5. The average molecular weight is 356 g/mol. The van der Waals surface area contributed by atoms with Crippen LogP contribution in [0.25, 0.3) is 0 Å². The zero-order chi connectivity index (χ0) is 18.3. The molecule has 0 radical (unpaired) electrons. The quantitative estimate of drug-likeness (QED) is 0.0988. The number of carbonyl (C=O) groups excluding carboxylic acids is 1. The molecule has 4 nitrogen and oxygen atoms in total. The van der Waals surface area contributed by atoms with Gasteiger partial charge in [0.25, 0.3) is 0 Å². The van der Waals surface area contributed by atoms with Gasteiger partial charge in [0.2, 0.25) is 0 Å². The molecular formula is C21H41NO3. The third kappa shape index (κ3) is 23.3. The summed E-state index contributed by atoms with van der Waals surface area (Å²) in [7, 11) is 0. The minimum absolute atomic E-state index is 0.543. The van der Waals surface area contributed by atoms with Crippen LogP contribution in [0.2, 0.25) is 0 Å². The van der Waals surface area contributed by atoms with Gasteiger partial charge in [-0.25, -0.2) is 9.78 Å². The summed E-state index contributed by atoms with van der Waals surface area (Å²) >= 11 is 0. The molecule has 0 atom stereocenters. The van der Waals surface area contributed by atoms with Crippen molar-refractivity contribution in [1.82, 2.24) is 5.32 Å². The number of unbranched alkanes of at least 4 members (excludes halogenated alkanes) is 10. The van der Waals surface area contributed by atoms with Crippen LogP contribution in [0.4, 0.5) is 0 Å². The summed E-state index contributed by atoms with van der Waals surface area (Å²) in [4.78, 5) is 20.4. The van der Waals surface area contributed by atoms with Gasteiger partial charge in [0.1, 0.15) is 12.9 Å². The Kier molecular flexibility index (Phi) is 22.6. The lowest BCUT2D eigenvalue weighted by Gasteiger charge is -2.04. The molecule has 25 heavy (non-hydrogen) atoms. The minimum atomic E-state index is 0.543. The first-order chi connectivity index (χ1) is 12.4. The number of allylic oxidation sites excluding steroid dienone is 1. The van der Waals surface area contributed by atoms with Gasteiger partial charge in [-0.3, -0.25) is 0 Å². The highest BCUT2D eigenvalue weighted by atomic mass is 17.2. The molecule has 0 unspecified atom stereocenters. The van der Waals surface area contributed by atoms with E-state index in [1.54, 1.807) is 0 Å². The van der Waals surface area contributed by atoms with Crippen LogP contribution in [0.1, 0.15) is 90.4 Å².